The minimum Gasteiger partial charge on any atom is -0.316 e. The Kier molecular flexibility index (Phi) is 2.98. The summed E-state index contributed by atoms with van der Waals surface area (Å²) >= 11 is 0. The van der Waals surface area contributed by atoms with Crippen LogP contribution < -0.4 is 5.32 Å². The molecule has 1 unspecified atom stereocenters. The first-order valence-corrected chi connectivity index (χ1v) is 5.66. The van der Waals surface area contributed by atoms with Crippen molar-refractivity contribution in [3.05, 3.63) is 35.4 Å². The average molecular weight is 225 g/mol. The SMILES string of the molecule is CNC(Cc1cc(F)ccc1F)C1(C)CC1. The summed E-state index contributed by atoms with van der Waals surface area (Å²) in [6.07, 6.45) is 2.88. The molecule has 0 saturated heterocycles. The van der Waals surface area contributed by atoms with E-state index in [2.05, 4.69) is 12.2 Å². The smallest absolute Gasteiger partial charge is 0.126 e. The van der Waals surface area contributed by atoms with Gasteiger partial charge in [-0.2, -0.15) is 0 Å². The fourth-order valence-corrected chi connectivity index (χ4v) is 2.16. The van der Waals surface area contributed by atoms with E-state index in [1.807, 2.05) is 7.05 Å². The first-order valence-electron chi connectivity index (χ1n) is 5.66. The first kappa shape index (κ1) is 11.5. The van der Waals surface area contributed by atoms with E-state index in [1.165, 1.54) is 12.1 Å². The number of likely N-dealkylation sites (N-methyl/N-ethyl adjacent to an activating group) is 1. The summed E-state index contributed by atoms with van der Waals surface area (Å²) in [6, 6.07) is 3.88. The van der Waals surface area contributed by atoms with Gasteiger partial charge in [0.1, 0.15) is 11.6 Å². The van der Waals surface area contributed by atoms with Crippen molar-refractivity contribution in [2.45, 2.75) is 32.2 Å². The van der Waals surface area contributed by atoms with Crippen molar-refractivity contribution in [2.75, 3.05) is 7.05 Å². The molecular weight excluding hydrogens is 208 g/mol. The average Bonchev–Trinajstić information content (AvgIpc) is 2.99. The van der Waals surface area contributed by atoms with E-state index in [0.29, 0.717) is 12.0 Å². The van der Waals surface area contributed by atoms with Gasteiger partial charge in [-0.15, -0.1) is 0 Å². The van der Waals surface area contributed by atoms with E-state index in [9.17, 15) is 8.78 Å². The second-order valence-corrected chi connectivity index (χ2v) is 4.94. The Hall–Kier alpha value is -0.960. The maximum atomic E-state index is 13.5. The van der Waals surface area contributed by atoms with Crippen LogP contribution in [0.15, 0.2) is 18.2 Å². The lowest BCUT2D eigenvalue weighted by Gasteiger charge is -2.23. The van der Waals surface area contributed by atoms with E-state index >= 15 is 0 Å². The zero-order chi connectivity index (χ0) is 11.8. The topological polar surface area (TPSA) is 12.0 Å². The number of hydrogen-bond donors (Lipinski definition) is 1. The van der Waals surface area contributed by atoms with Gasteiger partial charge < -0.3 is 5.32 Å². The zero-order valence-corrected chi connectivity index (χ0v) is 9.69. The molecule has 1 aromatic rings. The van der Waals surface area contributed by atoms with E-state index in [1.54, 1.807) is 0 Å². The third kappa shape index (κ3) is 2.24. The Balaban J connectivity index is 2.15. The molecule has 1 N–H and O–H groups in total. The van der Waals surface area contributed by atoms with Gasteiger partial charge in [0, 0.05) is 6.04 Å². The molecular formula is C13H17F2N. The molecule has 0 bridgehead atoms. The summed E-state index contributed by atoms with van der Waals surface area (Å²) in [6.45, 7) is 2.19. The number of rotatable bonds is 4. The van der Waals surface area contributed by atoms with Crippen molar-refractivity contribution in [1.29, 1.82) is 0 Å². The van der Waals surface area contributed by atoms with Crippen molar-refractivity contribution >= 4 is 0 Å². The van der Waals surface area contributed by atoms with E-state index < -0.39 is 0 Å². The van der Waals surface area contributed by atoms with Crippen molar-refractivity contribution in [3.8, 4) is 0 Å². The molecule has 3 heteroatoms. The van der Waals surface area contributed by atoms with Gasteiger partial charge in [-0.25, -0.2) is 8.78 Å². The monoisotopic (exact) mass is 225 g/mol. The maximum absolute atomic E-state index is 13.5. The Bertz CT molecular complexity index is 386. The van der Waals surface area contributed by atoms with Crippen LogP contribution in [0.25, 0.3) is 0 Å². The predicted octanol–water partition coefficient (Wildman–Crippen LogP) is 2.90. The van der Waals surface area contributed by atoms with Crippen molar-refractivity contribution < 1.29 is 8.78 Å². The molecule has 1 nitrogen and oxygen atoms in total. The van der Waals surface area contributed by atoms with Gasteiger partial charge in [0.25, 0.3) is 0 Å². The van der Waals surface area contributed by atoms with Gasteiger partial charge in [-0.1, -0.05) is 6.92 Å². The van der Waals surface area contributed by atoms with Gasteiger partial charge in [-0.3, -0.25) is 0 Å². The van der Waals surface area contributed by atoms with Crippen LogP contribution in [-0.2, 0) is 6.42 Å². The number of nitrogens with one attached hydrogen (secondary N) is 1. The van der Waals surface area contributed by atoms with Gasteiger partial charge >= 0.3 is 0 Å². The molecule has 16 heavy (non-hydrogen) atoms. The Morgan fingerprint density at radius 2 is 2.06 bits per heavy atom. The van der Waals surface area contributed by atoms with Gasteiger partial charge in [0.05, 0.1) is 0 Å². The van der Waals surface area contributed by atoms with E-state index in [4.69, 9.17) is 0 Å². The molecule has 1 aromatic carbocycles. The molecule has 0 radical (unpaired) electrons. The van der Waals surface area contributed by atoms with E-state index in [-0.39, 0.29) is 23.1 Å². The third-order valence-corrected chi connectivity index (χ3v) is 3.66. The number of hydrogen-bond acceptors (Lipinski definition) is 1. The molecule has 0 heterocycles. The van der Waals surface area contributed by atoms with Crippen LogP contribution in [0.1, 0.15) is 25.3 Å². The molecule has 88 valence electrons. The fourth-order valence-electron chi connectivity index (χ4n) is 2.16. The summed E-state index contributed by atoms with van der Waals surface area (Å²) in [4.78, 5) is 0. The molecule has 2 rings (SSSR count). The molecule has 1 aliphatic carbocycles. The van der Waals surface area contributed by atoms with Crippen LogP contribution in [0.5, 0.6) is 0 Å². The first-order chi connectivity index (χ1) is 7.55. The van der Waals surface area contributed by atoms with Crippen molar-refractivity contribution in [3.63, 3.8) is 0 Å². The highest BCUT2D eigenvalue weighted by Crippen LogP contribution is 2.48. The van der Waals surface area contributed by atoms with Crippen molar-refractivity contribution in [1.82, 2.24) is 5.32 Å². The van der Waals surface area contributed by atoms with E-state index in [0.717, 1.165) is 18.9 Å². The molecule has 1 aliphatic rings. The summed E-state index contributed by atoms with van der Waals surface area (Å²) in [5.41, 5.74) is 0.723. The van der Waals surface area contributed by atoms with Crippen LogP contribution in [0, 0.1) is 17.0 Å². The number of halogens is 2. The van der Waals surface area contributed by atoms with Gasteiger partial charge in [0.2, 0.25) is 0 Å². The second-order valence-electron chi connectivity index (χ2n) is 4.94. The molecule has 0 spiro atoms. The quantitative estimate of drug-likeness (QED) is 0.830. The Morgan fingerprint density at radius 1 is 1.38 bits per heavy atom. The molecule has 1 atom stereocenters. The lowest BCUT2D eigenvalue weighted by molar-refractivity contribution is 0.371. The Morgan fingerprint density at radius 3 is 2.62 bits per heavy atom. The maximum Gasteiger partial charge on any atom is 0.126 e. The number of benzene rings is 1. The van der Waals surface area contributed by atoms with Crippen molar-refractivity contribution in [2.24, 2.45) is 5.41 Å². The molecule has 1 saturated carbocycles. The zero-order valence-electron chi connectivity index (χ0n) is 9.69. The summed E-state index contributed by atoms with van der Waals surface area (Å²) < 4.78 is 26.5. The van der Waals surface area contributed by atoms with Crippen LogP contribution in [0.3, 0.4) is 0 Å². The van der Waals surface area contributed by atoms with Gasteiger partial charge in [0.15, 0.2) is 0 Å². The molecule has 0 aromatic heterocycles. The Labute approximate surface area is 94.9 Å². The summed E-state index contributed by atoms with van der Waals surface area (Å²) in [7, 11) is 1.88. The van der Waals surface area contributed by atoms with Crippen LogP contribution >= 0.6 is 0 Å². The molecule has 1 fully saturated rings. The summed E-state index contributed by atoms with van der Waals surface area (Å²) in [5.74, 6) is -0.682. The van der Waals surface area contributed by atoms with Crippen LogP contribution in [0.4, 0.5) is 8.78 Å². The lowest BCUT2D eigenvalue weighted by atomic mass is 9.92. The highest BCUT2D eigenvalue weighted by molar-refractivity contribution is 5.21. The lowest BCUT2D eigenvalue weighted by Crippen LogP contribution is -2.35. The third-order valence-electron chi connectivity index (χ3n) is 3.66. The molecule has 0 aliphatic heterocycles. The highest BCUT2D eigenvalue weighted by atomic mass is 19.1. The molecule has 0 amide bonds. The second kappa shape index (κ2) is 4.13. The van der Waals surface area contributed by atoms with Crippen LogP contribution in [-0.4, -0.2) is 13.1 Å². The highest BCUT2D eigenvalue weighted by Gasteiger charge is 2.44. The van der Waals surface area contributed by atoms with Gasteiger partial charge in [-0.05, 0) is 55.5 Å². The van der Waals surface area contributed by atoms with Crippen LogP contribution in [0.2, 0.25) is 0 Å². The minimum atomic E-state index is -0.368. The standard InChI is InChI=1S/C13H17F2N/c1-13(5-6-13)12(16-2)8-9-7-10(14)3-4-11(9)15/h3-4,7,12,16H,5-6,8H2,1-2H3. The summed E-state index contributed by atoms with van der Waals surface area (Å²) in [5, 5.41) is 3.21. The normalized spacial score (nSPS) is 19.5. The largest absolute Gasteiger partial charge is 0.316 e. The minimum absolute atomic E-state index is 0.226. The fraction of sp³-hybridized carbons (Fsp3) is 0.538. The predicted molar refractivity (Wildman–Crippen MR) is 60.3 cm³/mol.